The predicted molar refractivity (Wildman–Crippen MR) is 128 cm³/mol. The van der Waals surface area contributed by atoms with Crippen molar-refractivity contribution >= 4 is 44.7 Å². The number of hydrogen-bond acceptors (Lipinski definition) is 5. The van der Waals surface area contributed by atoms with E-state index in [1.807, 2.05) is 31.4 Å². The van der Waals surface area contributed by atoms with Crippen molar-refractivity contribution in [1.82, 2.24) is 9.55 Å². The van der Waals surface area contributed by atoms with Crippen LogP contribution in [-0.2, 0) is 16.1 Å². The summed E-state index contributed by atoms with van der Waals surface area (Å²) in [5.41, 5.74) is 5.07. The molecule has 162 valence electrons. The lowest BCUT2D eigenvalue weighted by Gasteiger charge is -2.09. The molecule has 0 saturated heterocycles. The van der Waals surface area contributed by atoms with Crippen LogP contribution in [0.25, 0.3) is 21.3 Å². The first-order chi connectivity index (χ1) is 15.3. The quantitative estimate of drug-likeness (QED) is 0.477. The monoisotopic (exact) mass is 446 g/mol. The minimum atomic E-state index is -0.344. The van der Waals surface area contributed by atoms with Crippen molar-refractivity contribution in [3.63, 3.8) is 0 Å². The third kappa shape index (κ3) is 4.45. The normalized spacial score (nSPS) is 10.8. The molecule has 4 rings (SSSR count). The van der Waals surface area contributed by atoms with E-state index >= 15 is 0 Å². The molecule has 2 aromatic heterocycles. The molecule has 4 aromatic rings. The van der Waals surface area contributed by atoms with Gasteiger partial charge in [0, 0.05) is 29.2 Å². The number of hydrogen-bond donors (Lipinski definition) is 2. The Morgan fingerprint density at radius 2 is 1.69 bits per heavy atom. The van der Waals surface area contributed by atoms with E-state index in [2.05, 4.69) is 21.7 Å². The molecule has 0 aliphatic rings. The van der Waals surface area contributed by atoms with Gasteiger partial charge >= 0.3 is 0 Å². The Hall–Kier alpha value is -3.78. The van der Waals surface area contributed by atoms with Crippen LogP contribution >= 0.6 is 11.3 Å². The molecule has 0 aliphatic heterocycles. The van der Waals surface area contributed by atoms with E-state index in [0.29, 0.717) is 21.6 Å². The third-order valence-electron chi connectivity index (χ3n) is 5.18. The first-order valence-electron chi connectivity index (χ1n) is 10.0. The highest BCUT2D eigenvalue weighted by atomic mass is 32.1. The van der Waals surface area contributed by atoms with Gasteiger partial charge < -0.3 is 10.6 Å². The number of carbonyl (C=O) groups is 2. The van der Waals surface area contributed by atoms with Crippen molar-refractivity contribution in [2.45, 2.75) is 27.3 Å². The van der Waals surface area contributed by atoms with Gasteiger partial charge in [0.2, 0.25) is 11.8 Å². The second-order valence-electron chi connectivity index (χ2n) is 7.61. The van der Waals surface area contributed by atoms with Crippen LogP contribution in [0.4, 0.5) is 11.4 Å². The van der Waals surface area contributed by atoms with E-state index in [0.717, 1.165) is 16.7 Å². The molecule has 8 heteroatoms. The molecule has 0 spiro atoms. The zero-order valence-corrected chi connectivity index (χ0v) is 18.7. The van der Waals surface area contributed by atoms with Gasteiger partial charge in [0.15, 0.2) is 0 Å². The zero-order valence-electron chi connectivity index (χ0n) is 17.9. The van der Waals surface area contributed by atoms with Crippen molar-refractivity contribution in [3.8, 4) is 11.1 Å². The van der Waals surface area contributed by atoms with Gasteiger partial charge in [0.05, 0.1) is 11.7 Å². The van der Waals surface area contributed by atoms with Crippen LogP contribution < -0.4 is 16.2 Å². The lowest BCUT2D eigenvalue weighted by Crippen LogP contribution is -2.27. The first-order valence-corrected chi connectivity index (χ1v) is 10.9. The zero-order chi connectivity index (χ0) is 22.8. The Morgan fingerprint density at radius 3 is 2.34 bits per heavy atom. The fraction of sp³-hybridized carbons (Fsp3) is 0.167. The maximum absolute atomic E-state index is 13.2. The highest BCUT2D eigenvalue weighted by Gasteiger charge is 2.15. The topological polar surface area (TPSA) is 93.1 Å². The average molecular weight is 447 g/mol. The second-order valence-corrected chi connectivity index (χ2v) is 8.47. The van der Waals surface area contributed by atoms with Gasteiger partial charge in [-0.05, 0) is 54.8 Å². The number of aromatic nitrogens is 2. The lowest BCUT2D eigenvalue weighted by molar-refractivity contribution is -0.117. The summed E-state index contributed by atoms with van der Waals surface area (Å²) < 4.78 is 1.32. The van der Waals surface area contributed by atoms with Gasteiger partial charge in [-0.15, -0.1) is 11.3 Å². The number of nitrogens with zero attached hydrogens (tertiary/aromatic N) is 2. The van der Waals surface area contributed by atoms with Crippen molar-refractivity contribution in [2.24, 2.45) is 0 Å². The van der Waals surface area contributed by atoms with Crippen LogP contribution in [0.5, 0.6) is 0 Å². The van der Waals surface area contributed by atoms with Crippen LogP contribution in [-0.4, -0.2) is 21.4 Å². The molecule has 0 unspecified atom stereocenters. The Kier molecular flexibility index (Phi) is 5.87. The number of benzene rings is 2. The molecule has 0 saturated carbocycles. The standard InChI is InChI=1S/C24H22N4O3S/c1-14-4-5-17(10-15(14)2)20-12-32-23-22(20)24(31)28(13-25-23)11-21(30)27-19-8-6-18(7-9-19)26-16(3)29/h4-10,12-13H,11H2,1-3H3,(H,26,29)(H,27,30). The molecular formula is C24H22N4O3S. The molecule has 0 aliphatic carbocycles. The Morgan fingerprint density at radius 1 is 1.00 bits per heavy atom. The van der Waals surface area contributed by atoms with Crippen molar-refractivity contribution in [3.05, 3.63) is 75.7 Å². The number of rotatable bonds is 5. The van der Waals surface area contributed by atoms with Crippen molar-refractivity contribution in [1.29, 1.82) is 0 Å². The van der Waals surface area contributed by atoms with Gasteiger partial charge in [0.1, 0.15) is 11.4 Å². The highest BCUT2D eigenvalue weighted by molar-refractivity contribution is 7.17. The molecule has 0 radical (unpaired) electrons. The van der Waals surface area contributed by atoms with Gasteiger partial charge in [-0.2, -0.15) is 0 Å². The van der Waals surface area contributed by atoms with E-state index in [1.54, 1.807) is 24.3 Å². The number of fused-ring (bicyclic) bond motifs is 1. The van der Waals surface area contributed by atoms with E-state index < -0.39 is 0 Å². The summed E-state index contributed by atoms with van der Waals surface area (Å²) in [6.45, 7) is 5.36. The number of aryl methyl sites for hydroxylation is 2. The number of thiophene rings is 1. The van der Waals surface area contributed by atoms with Crippen molar-refractivity contribution in [2.75, 3.05) is 10.6 Å². The van der Waals surface area contributed by atoms with Crippen LogP contribution in [0.1, 0.15) is 18.1 Å². The molecular weight excluding hydrogens is 424 g/mol. The fourth-order valence-electron chi connectivity index (χ4n) is 3.40. The molecule has 2 amide bonds. The second kappa shape index (κ2) is 8.76. The SMILES string of the molecule is CC(=O)Nc1ccc(NC(=O)Cn2cnc3scc(-c4ccc(C)c(C)c4)c3c2=O)cc1. The molecule has 2 N–H and O–H groups in total. The smallest absolute Gasteiger partial charge is 0.263 e. The van der Waals surface area contributed by atoms with Gasteiger partial charge in [-0.1, -0.05) is 18.2 Å². The summed E-state index contributed by atoms with van der Waals surface area (Å²) in [7, 11) is 0. The third-order valence-corrected chi connectivity index (χ3v) is 6.07. The number of anilines is 2. The van der Waals surface area contributed by atoms with Crippen LogP contribution in [0.3, 0.4) is 0 Å². The largest absolute Gasteiger partial charge is 0.326 e. The Bertz CT molecular complexity index is 1390. The Labute approximate surface area is 188 Å². The summed E-state index contributed by atoms with van der Waals surface area (Å²) in [4.78, 5) is 41.9. The average Bonchev–Trinajstić information content (AvgIpc) is 3.18. The molecule has 2 aromatic carbocycles. The molecule has 32 heavy (non-hydrogen) atoms. The van der Waals surface area contributed by atoms with E-state index in [1.165, 1.54) is 34.7 Å². The minimum Gasteiger partial charge on any atom is -0.326 e. The van der Waals surface area contributed by atoms with E-state index in [-0.39, 0.29) is 23.9 Å². The molecule has 0 fully saturated rings. The van der Waals surface area contributed by atoms with Crippen LogP contribution in [0.15, 0.2) is 59.0 Å². The summed E-state index contributed by atoms with van der Waals surface area (Å²) in [6.07, 6.45) is 1.41. The predicted octanol–water partition coefficient (Wildman–Crippen LogP) is 4.34. The van der Waals surface area contributed by atoms with Gasteiger partial charge in [0.25, 0.3) is 5.56 Å². The molecule has 0 bridgehead atoms. The first kappa shape index (κ1) is 21.5. The number of nitrogens with one attached hydrogen (secondary N) is 2. The Balaban J connectivity index is 1.57. The minimum absolute atomic E-state index is 0.155. The van der Waals surface area contributed by atoms with Crippen molar-refractivity contribution < 1.29 is 9.59 Å². The lowest BCUT2D eigenvalue weighted by atomic mass is 10.0. The maximum atomic E-state index is 13.2. The molecule has 2 heterocycles. The summed E-state index contributed by atoms with van der Waals surface area (Å²) in [6, 6.07) is 12.8. The summed E-state index contributed by atoms with van der Waals surface area (Å²) in [5, 5.41) is 7.89. The highest BCUT2D eigenvalue weighted by Crippen LogP contribution is 2.31. The summed E-state index contributed by atoms with van der Waals surface area (Å²) in [5.74, 6) is -0.513. The van der Waals surface area contributed by atoms with E-state index in [9.17, 15) is 14.4 Å². The van der Waals surface area contributed by atoms with Crippen LogP contribution in [0, 0.1) is 13.8 Å². The van der Waals surface area contributed by atoms with Gasteiger partial charge in [-0.3, -0.25) is 19.0 Å². The molecule has 0 atom stereocenters. The molecule has 7 nitrogen and oxygen atoms in total. The van der Waals surface area contributed by atoms with Gasteiger partial charge in [-0.25, -0.2) is 4.98 Å². The van der Waals surface area contributed by atoms with Crippen LogP contribution in [0.2, 0.25) is 0 Å². The maximum Gasteiger partial charge on any atom is 0.263 e. The summed E-state index contributed by atoms with van der Waals surface area (Å²) >= 11 is 1.41. The number of carbonyl (C=O) groups excluding carboxylic acids is 2. The van der Waals surface area contributed by atoms with E-state index in [4.69, 9.17) is 0 Å². The fourth-order valence-corrected chi connectivity index (χ4v) is 4.30. The number of amides is 2.